The Bertz CT molecular complexity index is 569. The summed E-state index contributed by atoms with van der Waals surface area (Å²) in [5.41, 5.74) is 4.63. The summed E-state index contributed by atoms with van der Waals surface area (Å²) >= 11 is 2.04. The summed E-state index contributed by atoms with van der Waals surface area (Å²) in [6.07, 6.45) is 21.7. The maximum absolute atomic E-state index is 3.83. The molecule has 0 bridgehead atoms. The molecule has 2 atom stereocenters. The van der Waals surface area contributed by atoms with E-state index in [0.717, 1.165) is 12.8 Å². The summed E-state index contributed by atoms with van der Waals surface area (Å²) in [6.45, 7) is 10.7. The maximum atomic E-state index is 3.83. The van der Waals surface area contributed by atoms with Crippen LogP contribution in [0.15, 0.2) is 70.7 Å². The Balaban J connectivity index is 2.36. The molecule has 0 aromatic rings. The molecule has 0 saturated heterocycles. The Morgan fingerprint density at radius 1 is 1.35 bits per heavy atom. The molecule has 23 heavy (non-hydrogen) atoms. The van der Waals surface area contributed by atoms with Gasteiger partial charge < -0.3 is 0 Å². The van der Waals surface area contributed by atoms with Crippen molar-refractivity contribution in [2.75, 3.05) is 0 Å². The van der Waals surface area contributed by atoms with E-state index in [1.54, 1.807) is 11.1 Å². The minimum absolute atomic E-state index is 0.548. The number of hydrogen-bond acceptors (Lipinski definition) is 1. The zero-order valence-corrected chi connectivity index (χ0v) is 15.7. The summed E-state index contributed by atoms with van der Waals surface area (Å²) < 4.78 is 0. The van der Waals surface area contributed by atoms with Crippen LogP contribution >= 0.6 is 11.8 Å². The van der Waals surface area contributed by atoms with Gasteiger partial charge in [0.15, 0.2) is 0 Å². The molecule has 0 aromatic carbocycles. The molecule has 2 aliphatic rings. The minimum atomic E-state index is 0.548. The van der Waals surface area contributed by atoms with Crippen molar-refractivity contribution in [1.82, 2.24) is 0 Å². The second-order valence-corrected chi connectivity index (χ2v) is 7.87. The van der Waals surface area contributed by atoms with E-state index in [2.05, 4.69) is 63.8 Å². The van der Waals surface area contributed by atoms with Crippen LogP contribution in [0.25, 0.3) is 0 Å². The second-order valence-electron chi connectivity index (χ2n) is 6.45. The summed E-state index contributed by atoms with van der Waals surface area (Å²) in [4.78, 5) is 1.46. The van der Waals surface area contributed by atoms with Gasteiger partial charge in [0.05, 0.1) is 0 Å². The molecule has 1 heteroatoms. The van der Waals surface area contributed by atoms with E-state index in [1.807, 2.05) is 17.8 Å². The molecule has 0 saturated carbocycles. The molecule has 1 heterocycles. The van der Waals surface area contributed by atoms with E-state index in [0.29, 0.717) is 11.2 Å². The summed E-state index contributed by atoms with van der Waals surface area (Å²) in [6, 6.07) is 0. The summed E-state index contributed by atoms with van der Waals surface area (Å²) in [7, 11) is 0. The number of thioether (sulfide) groups is 1. The van der Waals surface area contributed by atoms with E-state index < -0.39 is 0 Å². The van der Waals surface area contributed by atoms with Crippen molar-refractivity contribution in [1.29, 1.82) is 0 Å². The molecule has 0 fully saturated rings. The Morgan fingerprint density at radius 2 is 2.17 bits per heavy atom. The van der Waals surface area contributed by atoms with Crippen molar-refractivity contribution in [3.63, 3.8) is 0 Å². The number of hydrogen-bond donors (Lipinski definition) is 0. The number of rotatable bonds is 3. The first-order valence-corrected chi connectivity index (χ1v) is 9.75. The molecule has 2 rings (SSSR count). The first kappa shape index (κ1) is 18.1. The Hall–Kier alpha value is -1.21. The van der Waals surface area contributed by atoms with Gasteiger partial charge in [-0.2, -0.15) is 0 Å². The second kappa shape index (κ2) is 9.17. The van der Waals surface area contributed by atoms with Crippen LogP contribution in [0, 0.1) is 5.92 Å². The lowest BCUT2D eigenvalue weighted by Crippen LogP contribution is -2.15. The van der Waals surface area contributed by atoms with E-state index >= 15 is 0 Å². The molecular weight excluding hydrogens is 296 g/mol. The monoisotopic (exact) mass is 326 g/mol. The summed E-state index contributed by atoms with van der Waals surface area (Å²) in [5, 5.41) is 0.563. The number of fused-ring (bicyclic) bond motifs is 1. The van der Waals surface area contributed by atoms with Crippen molar-refractivity contribution in [3.8, 4) is 0 Å². The molecule has 0 spiro atoms. The molecule has 0 N–H and O–H groups in total. The van der Waals surface area contributed by atoms with Gasteiger partial charge in [0.2, 0.25) is 0 Å². The standard InChI is InChI=1S/C22H30S/c1-5-7-15-22-19(6-2)12-10-13-20-16-17(3)11-8-9-14-21(20)18(4)23-22/h5,7,9,11,14-16,18,21H,1,6,8,10,12-13H2,2-4H3/b14-9?,15-7-,17-11-,20-16-,22-19-. The molecule has 0 radical (unpaired) electrons. The van der Waals surface area contributed by atoms with Crippen molar-refractivity contribution in [2.45, 2.75) is 58.1 Å². The molecule has 1 aliphatic heterocycles. The zero-order chi connectivity index (χ0) is 16.7. The van der Waals surface area contributed by atoms with Crippen LogP contribution in [0.2, 0.25) is 0 Å². The predicted octanol–water partition coefficient (Wildman–Crippen LogP) is 7.15. The molecular formula is C22H30S. The van der Waals surface area contributed by atoms with E-state index in [9.17, 15) is 0 Å². The molecule has 0 nitrogen and oxygen atoms in total. The van der Waals surface area contributed by atoms with Gasteiger partial charge in [-0.15, -0.1) is 11.8 Å². The maximum Gasteiger partial charge on any atom is 0.0166 e. The molecule has 0 aromatic heterocycles. The van der Waals surface area contributed by atoms with Gasteiger partial charge in [0.25, 0.3) is 0 Å². The third-order valence-electron chi connectivity index (χ3n) is 4.68. The summed E-state index contributed by atoms with van der Waals surface area (Å²) in [5.74, 6) is 0.548. The smallest absolute Gasteiger partial charge is 0.0166 e. The van der Waals surface area contributed by atoms with Crippen LogP contribution in [0.3, 0.4) is 0 Å². The van der Waals surface area contributed by atoms with Crippen LogP contribution in [0.4, 0.5) is 0 Å². The van der Waals surface area contributed by atoms with Crippen molar-refractivity contribution < 1.29 is 0 Å². The Labute approximate surface area is 146 Å². The van der Waals surface area contributed by atoms with E-state index in [4.69, 9.17) is 0 Å². The van der Waals surface area contributed by atoms with Gasteiger partial charge in [0.1, 0.15) is 0 Å². The van der Waals surface area contributed by atoms with Gasteiger partial charge in [-0.25, -0.2) is 0 Å². The quantitative estimate of drug-likeness (QED) is 0.392. The SMILES string of the molecule is C=C/C=C\C1=C(/CC)CCC/C2=C/C(C)=C\CC=CC2C(C)S1. The topological polar surface area (TPSA) is 0 Å². The highest BCUT2D eigenvalue weighted by molar-refractivity contribution is 8.03. The van der Waals surface area contributed by atoms with Gasteiger partial charge in [-0.05, 0) is 45.1 Å². The molecule has 124 valence electrons. The highest BCUT2D eigenvalue weighted by atomic mass is 32.2. The van der Waals surface area contributed by atoms with E-state index in [1.165, 1.54) is 29.7 Å². The normalized spacial score (nSPS) is 34.0. The fourth-order valence-electron chi connectivity index (χ4n) is 3.40. The largest absolute Gasteiger partial charge is 0.122 e. The molecule has 1 aliphatic carbocycles. The fourth-order valence-corrected chi connectivity index (χ4v) is 4.78. The Morgan fingerprint density at radius 3 is 2.91 bits per heavy atom. The number of allylic oxidation sites excluding steroid dienone is 10. The van der Waals surface area contributed by atoms with Gasteiger partial charge in [-0.3, -0.25) is 0 Å². The van der Waals surface area contributed by atoms with Crippen molar-refractivity contribution in [2.24, 2.45) is 5.92 Å². The minimum Gasteiger partial charge on any atom is -0.122 e. The van der Waals surface area contributed by atoms with Crippen LogP contribution in [0.1, 0.15) is 52.9 Å². The van der Waals surface area contributed by atoms with Gasteiger partial charge in [-0.1, -0.05) is 73.6 Å². The lowest BCUT2D eigenvalue weighted by atomic mass is 9.88. The first-order valence-electron chi connectivity index (χ1n) is 8.87. The zero-order valence-electron chi connectivity index (χ0n) is 14.8. The molecule has 0 amide bonds. The van der Waals surface area contributed by atoms with Crippen LogP contribution < -0.4 is 0 Å². The van der Waals surface area contributed by atoms with Crippen LogP contribution in [0.5, 0.6) is 0 Å². The van der Waals surface area contributed by atoms with Crippen molar-refractivity contribution >= 4 is 11.8 Å². The van der Waals surface area contributed by atoms with Gasteiger partial charge in [0, 0.05) is 16.1 Å². The lowest BCUT2D eigenvalue weighted by molar-refractivity contribution is 0.670. The average molecular weight is 327 g/mol. The third kappa shape index (κ3) is 5.14. The third-order valence-corrected chi connectivity index (χ3v) is 6.03. The lowest BCUT2D eigenvalue weighted by Gasteiger charge is -2.24. The fraction of sp³-hybridized carbons (Fsp3) is 0.455. The van der Waals surface area contributed by atoms with Crippen molar-refractivity contribution in [3.05, 3.63) is 70.7 Å². The molecule has 2 unspecified atom stereocenters. The highest BCUT2D eigenvalue weighted by Crippen LogP contribution is 2.40. The Kier molecular flexibility index (Phi) is 7.23. The average Bonchev–Trinajstić information content (AvgIpc) is 2.57. The van der Waals surface area contributed by atoms with Gasteiger partial charge >= 0.3 is 0 Å². The van der Waals surface area contributed by atoms with Crippen LogP contribution in [-0.2, 0) is 0 Å². The first-order chi connectivity index (χ1) is 11.2. The van der Waals surface area contributed by atoms with Crippen LogP contribution in [-0.4, -0.2) is 5.25 Å². The van der Waals surface area contributed by atoms with E-state index in [-0.39, 0.29) is 0 Å². The predicted molar refractivity (Wildman–Crippen MR) is 107 cm³/mol. The highest BCUT2D eigenvalue weighted by Gasteiger charge is 2.23.